The summed E-state index contributed by atoms with van der Waals surface area (Å²) in [5.41, 5.74) is 0.767. The van der Waals surface area contributed by atoms with Gasteiger partial charge in [-0.3, -0.25) is 0 Å². The lowest BCUT2D eigenvalue weighted by Gasteiger charge is -1.93. The van der Waals surface area contributed by atoms with E-state index in [1.807, 2.05) is 12.2 Å². The van der Waals surface area contributed by atoms with Crippen LogP contribution in [0.25, 0.3) is 0 Å². The Kier molecular flexibility index (Phi) is 4.06. The Morgan fingerprint density at radius 3 is 2.56 bits per heavy atom. The van der Waals surface area contributed by atoms with Gasteiger partial charge in [0, 0.05) is 0 Å². The van der Waals surface area contributed by atoms with E-state index < -0.39 is 0 Å². The largest absolute Gasteiger partial charge is 0.392 e. The first-order chi connectivity index (χ1) is 4.16. The average molecular weight is 126 g/mol. The van der Waals surface area contributed by atoms with Crippen LogP contribution >= 0.6 is 0 Å². The Balaban J connectivity index is 3.57. The minimum Gasteiger partial charge on any atom is -0.392 e. The molecule has 0 aromatic heterocycles. The first kappa shape index (κ1) is 8.44. The van der Waals surface area contributed by atoms with E-state index in [2.05, 4.69) is 20.4 Å². The van der Waals surface area contributed by atoms with Crippen molar-refractivity contribution in [2.24, 2.45) is 5.92 Å². The number of aliphatic hydroxyl groups excluding tert-OH is 1. The summed E-state index contributed by atoms with van der Waals surface area (Å²) in [5, 5.41) is 8.50. The summed E-state index contributed by atoms with van der Waals surface area (Å²) < 4.78 is 0. The summed E-state index contributed by atoms with van der Waals surface area (Å²) in [6, 6.07) is 0. The predicted molar refractivity (Wildman–Crippen MR) is 40.2 cm³/mol. The molecule has 0 bridgehead atoms. The molecule has 0 fully saturated rings. The first-order valence-corrected chi connectivity index (χ1v) is 3.13. The number of allylic oxidation sites excluding steroid dienone is 1. The molecule has 0 rings (SSSR count). The van der Waals surface area contributed by atoms with E-state index in [0.717, 1.165) is 5.57 Å². The van der Waals surface area contributed by atoms with E-state index >= 15 is 0 Å². The molecule has 9 heavy (non-hydrogen) atoms. The van der Waals surface area contributed by atoms with Crippen LogP contribution in [0.3, 0.4) is 0 Å². The molecule has 0 heterocycles. The van der Waals surface area contributed by atoms with Gasteiger partial charge in [-0.2, -0.15) is 0 Å². The first-order valence-electron chi connectivity index (χ1n) is 3.13. The number of aliphatic hydroxyl groups is 1. The zero-order chi connectivity index (χ0) is 7.28. The average Bonchev–Trinajstić information content (AvgIpc) is 1.83. The van der Waals surface area contributed by atoms with Crippen molar-refractivity contribution < 1.29 is 5.11 Å². The topological polar surface area (TPSA) is 20.2 Å². The zero-order valence-electron chi connectivity index (χ0n) is 6.09. The standard InChI is InChI=1S/C8H14O/c1-7(2)4-5-8(3)6-9/h4-5,7,9H,3,6H2,1-2H3/b5-4+. The predicted octanol–water partition coefficient (Wildman–Crippen LogP) is 1.75. The lowest BCUT2D eigenvalue weighted by molar-refractivity contribution is 0.335. The Morgan fingerprint density at radius 1 is 1.67 bits per heavy atom. The van der Waals surface area contributed by atoms with Crippen LogP contribution in [0.4, 0.5) is 0 Å². The second-order valence-corrected chi connectivity index (χ2v) is 2.42. The van der Waals surface area contributed by atoms with Crippen molar-refractivity contribution in [2.45, 2.75) is 13.8 Å². The van der Waals surface area contributed by atoms with Crippen LogP contribution in [0, 0.1) is 5.92 Å². The fourth-order valence-corrected chi connectivity index (χ4v) is 0.381. The molecule has 0 radical (unpaired) electrons. The van der Waals surface area contributed by atoms with Crippen molar-refractivity contribution in [3.63, 3.8) is 0 Å². The fourth-order valence-electron chi connectivity index (χ4n) is 0.381. The third-order valence-corrected chi connectivity index (χ3v) is 0.920. The highest BCUT2D eigenvalue weighted by molar-refractivity contribution is 5.14. The molecule has 0 spiro atoms. The molecule has 0 saturated carbocycles. The molecule has 0 aromatic carbocycles. The van der Waals surface area contributed by atoms with Crippen molar-refractivity contribution in [3.8, 4) is 0 Å². The molecule has 0 unspecified atom stereocenters. The van der Waals surface area contributed by atoms with Gasteiger partial charge in [0.05, 0.1) is 6.61 Å². The molecule has 0 aliphatic rings. The molecule has 1 N–H and O–H groups in total. The summed E-state index contributed by atoms with van der Waals surface area (Å²) in [4.78, 5) is 0. The van der Waals surface area contributed by atoms with Crippen molar-refractivity contribution in [1.82, 2.24) is 0 Å². The molecule has 1 heteroatoms. The SMILES string of the molecule is C=C(/C=C/C(C)C)CO. The maximum absolute atomic E-state index is 8.50. The second kappa shape index (κ2) is 4.33. The lowest BCUT2D eigenvalue weighted by Crippen LogP contribution is -1.84. The summed E-state index contributed by atoms with van der Waals surface area (Å²) in [7, 11) is 0. The molecule has 0 amide bonds. The number of rotatable bonds is 3. The molecule has 52 valence electrons. The third-order valence-electron chi connectivity index (χ3n) is 0.920. The van der Waals surface area contributed by atoms with Crippen molar-refractivity contribution in [3.05, 3.63) is 24.3 Å². The zero-order valence-corrected chi connectivity index (χ0v) is 6.09. The van der Waals surface area contributed by atoms with Gasteiger partial charge >= 0.3 is 0 Å². The van der Waals surface area contributed by atoms with Gasteiger partial charge in [0.25, 0.3) is 0 Å². The van der Waals surface area contributed by atoms with Gasteiger partial charge in [0.1, 0.15) is 0 Å². The second-order valence-electron chi connectivity index (χ2n) is 2.42. The lowest BCUT2D eigenvalue weighted by atomic mass is 10.2. The Hall–Kier alpha value is -0.560. The van der Waals surface area contributed by atoms with E-state index in [1.165, 1.54) is 0 Å². The van der Waals surface area contributed by atoms with E-state index in [-0.39, 0.29) is 6.61 Å². The van der Waals surface area contributed by atoms with Gasteiger partial charge in [-0.1, -0.05) is 32.6 Å². The number of hydrogen-bond acceptors (Lipinski definition) is 1. The fraction of sp³-hybridized carbons (Fsp3) is 0.500. The van der Waals surface area contributed by atoms with E-state index in [1.54, 1.807) is 0 Å². The molecule has 0 atom stereocenters. The van der Waals surface area contributed by atoms with E-state index in [4.69, 9.17) is 5.11 Å². The molecular formula is C8H14O. The van der Waals surface area contributed by atoms with E-state index in [0.29, 0.717) is 5.92 Å². The molecule has 0 saturated heterocycles. The summed E-state index contributed by atoms with van der Waals surface area (Å²) in [5.74, 6) is 0.535. The third kappa shape index (κ3) is 5.31. The maximum atomic E-state index is 8.50. The molecule has 0 aromatic rings. The highest BCUT2D eigenvalue weighted by Crippen LogP contribution is 1.97. The molecule has 0 aliphatic heterocycles. The monoisotopic (exact) mass is 126 g/mol. The van der Waals surface area contributed by atoms with Gasteiger partial charge in [-0.05, 0) is 11.5 Å². The molecule has 0 aliphatic carbocycles. The molecule has 1 nitrogen and oxygen atoms in total. The summed E-state index contributed by atoms with van der Waals surface area (Å²) in [6.07, 6.45) is 3.86. The normalized spacial score (nSPS) is 11.1. The van der Waals surface area contributed by atoms with Crippen molar-refractivity contribution in [2.75, 3.05) is 6.61 Å². The minimum absolute atomic E-state index is 0.0587. The quantitative estimate of drug-likeness (QED) is 0.571. The van der Waals surface area contributed by atoms with E-state index in [9.17, 15) is 0 Å². The van der Waals surface area contributed by atoms with Crippen LogP contribution in [0.15, 0.2) is 24.3 Å². The minimum atomic E-state index is 0.0587. The van der Waals surface area contributed by atoms with Crippen molar-refractivity contribution >= 4 is 0 Å². The van der Waals surface area contributed by atoms with Gasteiger partial charge in [0.15, 0.2) is 0 Å². The summed E-state index contributed by atoms with van der Waals surface area (Å²) in [6.45, 7) is 7.84. The van der Waals surface area contributed by atoms with Gasteiger partial charge in [-0.25, -0.2) is 0 Å². The van der Waals surface area contributed by atoms with Gasteiger partial charge in [-0.15, -0.1) is 0 Å². The van der Waals surface area contributed by atoms with Crippen LogP contribution in [-0.4, -0.2) is 11.7 Å². The Morgan fingerprint density at radius 2 is 2.22 bits per heavy atom. The number of hydrogen-bond donors (Lipinski definition) is 1. The van der Waals surface area contributed by atoms with Gasteiger partial charge in [0.2, 0.25) is 0 Å². The van der Waals surface area contributed by atoms with Crippen molar-refractivity contribution in [1.29, 1.82) is 0 Å². The highest BCUT2D eigenvalue weighted by Gasteiger charge is 1.84. The van der Waals surface area contributed by atoms with Crippen LogP contribution < -0.4 is 0 Å². The Bertz CT molecular complexity index is 112. The van der Waals surface area contributed by atoms with Gasteiger partial charge < -0.3 is 5.11 Å². The van der Waals surface area contributed by atoms with Crippen LogP contribution in [0.5, 0.6) is 0 Å². The van der Waals surface area contributed by atoms with Crippen LogP contribution in [0.2, 0.25) is 0 Å². The van der Waals surface area contributed by atoms with Crippen LogP contribution in [-0.2, 0) is 0 Å². The maximum Gasteiger partial charge on any atom is 0.0676 e. The smallest absolute Gasteiger partial charge is 0.0676 e. The molecular weight excluding hydrogens is 112 g/mol. The Labute approximate surface area is 56.7 Å². The van der Waals surface area contributed by atoms with Crippen LogP contribution in [0.1, 0.15) is 13.8 Å². The summed E-state index contributed by atoms with van der Waals surface area (Å²) >= 11 is 0. The highest BCUT2D eigenvalue weighted by atomic mass is 16.3.